The number of nitrogens with zero attached hydrogens (tertiary/aromatic N) is 2. The smallest absolute Gasteiger partial charge is 0.255 e. The fourth-order valence-corrected chi connectivity index (χ4v) is 1.71. The molecule has 1 aromatic heterocycles. The van der Waals surface area contributed by atoms with Crippen molar-refractivity contribution < 1.29 is 9.53 Å². The van der Waals surface area contributed by atoms with Crippen molar-refractivity contribution in [2.75, 3.05) is 20.3 Å². The molecule has 1 atom stereocenters. The van der Waals surface area contributed by atoms with Crippen LogP contribution < -0.4 is 0 Å². The third kappa shape index (κ3) is 3.96. The van der Waals surface area contributed by atoms with Crippen LogP contribution in [0, 0.1) is 0 Å². The third-order valence-corrected chi connectivity index (χ3v) is 3.12. The minimum atomic E-state index is -0.0365. The molecule has 1 unspecified atom stereocenters. The quantitative estimate of drug-likeness (QED) is 0.747. The number of amides is 1. The second-order valence-electron chi connectivity index (χ2n) is 4.12. The Kier molecular flexibility index (Phi) is 6.09. The van der Waals surface area contributed by atoms with Gasteiger partial charge in [0.15, 0.2) is 0 Å². The van der Waals surface area contributed by atoms with E-state index in [9.17, 15) is 4.79 Å². The summed E-state index contributed by atoms with van der Waals surface area (Å²) < 4.78 is 5.04. The van der Waals surface area contributed by atoms with Crippen molar-refractivity contribution in [2.24, 2.45) is 0 Å². The first-order valence-electron chi connectivity index (χ1n) is 6.01. The van der Waals surface area contributed by atoms with E-state index < -0.39 is 0 Å². The first kappa shape index (κ1) is 14.9. The highest BCUT2D eigenvalue weighted by molar-refractivity contribution is 6.29. The van der Waals surface area contributed by atoms with Gasteiger partial charge in [-0.2, -0.15) is 0 Å². The van der Waals surface area contributed by atoms with E-state index in [2.05, 4.69) is 11.9 Å². The summed E-state index contributed by atoms with van der Waals surface area (Å²) >= 11 is 5.71. The van der Waals surface area contributed by atoms with Crippen LogP contribution in [0.2, 0.25) is 5.15 Å². The zero-order chi connectivity index (χ0) is 13.5. The molecule has 0 aliphatic heterocycles. The van der Waals surface area contributed by atoms with Crippen molar-refractivity contribution in [1.82, 2.24) is 9.88 Å². The second-order valence-corrected chi connectivity index (χ2v) is 4.51. The van der Waals surface area contributed by atoms with Crippen molar-refractivity contribution in [2.45, 2.75) is 26.3 Å². The largest absolute Gasteiger partial charge is 0.383 e. The summed E-state index contributed by atoms with van der Waals surface area (Å²) in [6.07, 6.45) is 2.41. The van der Waals surface area contributed by atoms with Crippen LogP contribution in [-0.2, 0) is 4.74 Å². The lowest BCUT2D eigenvalue weighted by atomic mass is 10.1. The number of carbonyl (C=O) groups is 1. The normalized spacial score (nSPS) is 12.2. The fourth-order valence-electron chi connectivity index (χ4n) is 1.60. The predicted molar refractivity (Wildman–Crippen MR) is 71.9 cm³/mol. The van der Waals surface area contributed by atoms with Crippen LogP contribution in [0.1, 0.15) is 30.6 Å². The lowest BCUT2D eigenvalue weighted by Gasteiger charge is -2.28. The molecule has 5 heteroatoms. The SMILES string of the molecule is CCC(C)N(CCOC)C(=O)c1ccc(Cl)nc1. The van der Waals surface area contributed by atoms with E-state index in [1.165, 1.54) is 6.20 Å². The number of methoxy groups -OCH3 is 1. The highest BCUT2D eigenvalue weighted by Crippen LogP contribution is 2.12. The molecule has 0 bridgehead atoms. The maximum atomic E-state index is 12.3. The minimum Gasteiger partial charge on any atom is -0.383 e. The molecule has 0 spiro atoms. The van der Waals surface area contributed by atoms with Gasteiger partial charge in [0, 0.05) is 25.9 Å². The van der Waals surface area contributed by atoms with Crippen LogP contribution in [-0.4, -0.2) is 42.1 Å². The van der Waals surface area contributed by atoms with Gasteiger partial charge in [0.25, 0.3) is 5.91 Å². The monoisotopic (exact) mass is 270 g/mol. The summed E-state index contributed by atoms with van der Waals surface area (Å²) in [6, 6.07) is 3.49. The van der Waals surface area contributed by atoms with Gasteiger partial charge >= 0.3 is 0 Å². The van der Waals surface area contributed by atoms with E-state index in [1.54, 1.807) is 24.1 Å². The highest BCUT2D eigenvalue weighted by atomic mass is 35.5. The summed E-state index contributed by atoms with van der Waals surface area (Å²) in [5, 5.41) is 0.388. The molecule has 0 N–H and O–H groups in total. The van der Waals surface area contributed by atoms with E-state index in [0.29, 0.717) is 23.9 Å². The molecular formula is C13H19ClN2O2. The maximum Gasteiger partial charge on any atom is 0.255 e. The number of rotatable bonds is 6. The molecule has 18 heavy (non-hydrogen) atoms. The highest BCUT2D eigenvalue weighted by Gasteiger charge is 2.20. The van der Waals surface area contributed by atoms with E-state index in [4.69, 9.17) is 16.3 Å². The average molecular weight is 271 g/mol. The molecule has 1 rings (SSSR count). The predicted octanol–water partition coefficient (Wildman–Crippen LogP) is 2.62. The summed E-state index contributed by atoms with van der Waals surface area (Å²) in [5.41, 5.74) is 0.552. The van der Waals surface area contributed by atoms with Crippen molar-refractivity contribution >= 4 is 17.5 Å². The third-order valence-electron chi connectivity index (χ3n) is 2.89. The Hall–Kier alpha value is -1.13. The van der Waals surface area contributed by atoms with Gasteiger partial charge in [0.1, 0.15) is 5.15 Å². The Morgan fingerprint density at radius 1 is 1.56 bits per heavy atom. The molecular weight excluding hydrogens is 252 g/mol. The van der Waals surface area contributed by atoms with Crippen LogP contribution in [0.25, 0.3) is 0 Å². The van der Waals surface area contributed by atoms with Gasteiger partial charge in [-0.3, -0.25) is 4.79 Å². The Labute approximate surface area is 113 Å². The molecule has 0 aliphatic carbocycles. The van der Waals surface area contributed by atoms with Gasteiger partial charge in [0.05, 0.1) is 12.2 Å². The van der Waals surface area contributed by atoms with Gasteiger partial charge in [-0.25, -0.2) is 4.98 Å². The Balaban J connectivity index is 2.83. The summed E-state index contributed by atoms with van der Waals surface area (Å²) in [5.74, 6) is -0.0365. The lowest BCUT2D eigenvalue weighted by molar-refractivity contribution is 0.0613. The standard InChI is InChI=1S/C13H19ClN2O2/c1-4-10(2)16(7-8-18-3)13(17)11-5-6-12(14)15-9-11/h5-6,9-10H,4,7-8H2,1-3H3. The summed E-state index contributed by atoms with van der Waals surface area (Å²) in [6.45, 7) is 5.18. The molecule has 0 aliphatic rings. The molecule has 0 saturated heterocycles. The Morgan fingerprint density at radius 3 is 2.78 bits per heavy atom. The zero-order valence-electron chi connectivity index (χ0n) is 11.0. The van der Waals surface area contributed by atoms with Gasteiger partial charge in [0.2, 0.25) is 0 Å². The Bertz CT molecular complexity index is 381. The maximum absolute atomic E-state index is 12.3. The van der Waals surface area contributed by atoms with Crippen LogP contribution in [0.4, 0.5) is 0 Å². The molecule has 4 nitrogen and oxygen atoms in total. The number of pyridine rings is 1. The van der Waals surface area contributed by atoms with Gasteiger partial charge < -0.3 is 9.64 Å². The minimum absolute atomic E-state index is 0.0365. The Morgan fingerprint density at radius 2 is 2.28 bits per heavy atom. The molecule has 0 aromatic carbocycles. The van der Waals surface area contributed by atoms with E-state index >= 15 is 0 Å². The molecule has 1 heterocycles. The van der Waals surface area contributed by atoms with Crippen LogP contribution >= 0.6 is 11.6 Å². The van der Waals surface area contributed by atoms with E-state index in [-0.39, 0.29) is 11.9 Å². The molecule has 0 radical (unpaired) electrons. The summed E-state index contributed by atoms with van der Waals surface area (Å²) in [4.78, 5) is 18.1. The van der Waals surface area contributed by atoms with Gasteiger partial charge in [-0.15, -0.1) is 0 Å². The number of aromatic nitrogens is 1. The van der Waals surface area contributed by atoms with Crippen LogP contribution in [0.3, 0.4) is 0 Å². The molecule has 1 amide bonds. The average Bonchev–Trinajstić information content (AvgIpc) is 2.39. The zero-order valence-corrected chi connectivity index (χ0v) is 11.8. The fraction of sp³-hybridized carbons (Fsp3) is 0.538. The number of ether oxygens (including phenoxy) is 1. The van der Waals surface area contributed by atoms with Gasteiger partial charge in [-0.1, -0.05) is 18.5 Å². The van der Waals surface area contributed by atoms with Crippen molar-refractivity contribution in [3.8, 4) is 0 Å². The van der Waals surface area contributed by atoms with Gasteiger partial charge in [-0.05, 0) is 25.5 Å². The lowest BCUT2D eigenvalue weighted by Crippen LogP contribution is -2.40. The topological polar surface area (TPSA) is 42.4 Å². The van der Waals surface area contributed by atoms with Crippen molar-refractivity contribution in [3.63, 3.8) is 0 Å². The number of halogens is 1. The molecule has 1 aromatic rings. The molecule has 0 fully saturated rings. The van der Waals surface area contributed by atoms with Crippen LogP contribution in [0.5, 0.6) is 0 Å². The summed E-state index contributed by atoms with van der Waals surface area (Å²) in [7, 11) is 1.63. The number of hydrogen-bond acceptors (Lipinski definition) is 3. The van der Waals surface area contributed by atoms with E-state index in [0.717, 1.165) is 6.42 Å². The first-order chi connectivity index (χ1) is 8.60. The van der Waals surface area contributed by atoms with Crippen LogP contribution in [0.15, 0.2) is 18.3 Å². The van der Waals surface area contributed by atoms with Crippen molar-refractivity contribution in [1.29, 1.82) is 0 Å². The molecule has 100 valence electrons. The molecule has 0 saturated carbocycles. The first-order valence-corrected chi connectivity index (χ1v) is 6.39. The number of carbonyl (C=O) groups excluding carboxylic acids is 1. The van der Waals surface area contributed by atoms with Crippen molar-refractivity contribution in [3.05, 3.63) is 29.0 Å². The second kappa shape index (κ2) is 7.34. The number of hydrogen-bond donors (Lipinski definition) is 0. The van der Waals surface area contributed by atoms with E-state index in [1.807, 2.05) is 6.92 Å².